The van der Waals surface area contributed by atoms with Crippen molar-refractivity contribution in [3.8, 4) is 5.75 Å². The van der Waals surface area contributed by atoms with Gasteiger partial charge >= 0.3 is 0 Å². The van der Waals surface area contributed by atoms with E-state index in [9.17, 15) is 9.59 Å². The molecule has 2 aromatic carbocycles. The van der Waals surface area contributed by atoms with Crippen molar-refractivity contribution < 1.29 is 19.1 Å². The molecule has 6 heteroatoms. The van der Waals surface area contributed by atoms with Gasteiger partial charge in [0, 0.05) is 29.9 Å². The Balaban J connectivity index is 1.68. The van der Waals surface area contributed by atoms with Crippen LogP contribution < -0.4 is 10.1 Å². The number of nitrogens with one attached hydrogen (secondary N) is 1. The molecule has 0 bridgehead atoms. The summed E-state index contributed by atoms with van der Waals surface area (Å²) in [6.07, 6.45) is 0.903. The summed E-state index contributed by atoms with van der Waals surface area (Å²) in [7, 11) is 0. The first-order valence-electron chi connectivity index (χ1n) is 9.18. The summed E-state index contributed by atoms with van der Waals surface area (Å²) in [4.78, 5) is 26.9. The van der Waals surface area contributed by atoms with Crippen LogP contribution in [-0.2, 0) is 4.74 Å². The topological polar surface area (TPSA) is 67.9 Å². The Labute approximate surface area is 159 Å². The third-order valence-corrected chi connectivity index (χ3v) is 4.23. The zero-order chi connectivity index (χ0) is 19.1. The molecule has 1 saturated heterocycles. The Bertz CT molecular complexity index is 800. The largest absolute Gasteiger partial charge is 0.494 e. The maximum absolute atomic E-state index is 12.6. The molecule has 0 saturated carbocycles. The van der Waals surface area contributed by atoms with Crippen LogP contribution in [0.3, 0.4) is 0 Å². The summed E-state index contributed by atoms with van der Waals surface area (Å²) in [5.41, 5.74) is 1.64. The SMILES string of the molecule is CCCOc1cccc(C(=O)Nc2cccc(C(=O)N3CCOCC3)c2)c1. The van der Waals surface area contributed by atoms with Gasteiger partial charge < -0.3 is 19.7 Å². The summed E-state index contributed by atoms with van der Waals surface area (Å²) in [6.45, 7) is 4.91. The van der Waals surface area contributed by atoms with Crippen LogP contribution in [0, 0.1) is 0 Å². The molecule has 0 unspecified atom stereocenters. The van der Waals surface area contributed by atoms with Crippen molar-refractivity contribution in [2.45, 2.75) is 13.3 Å². The van der Waals surface area contributed by atoms with Crippen molar-refractivity contribution in [1.29, 1.82) is 0 Å². The molecule has 0 radical (unpaired) electrons. The van der Waals surface area contributed by atoms with Crippen molar-refractivity contribution >= 4 is 17.5 Å². The molecule has 142 valence electrons. The summed E-state index contributed by atoms with van der Waals surface area (Å²) >= 11 is 0. The van der Waals surface area contributed by atoms with E-state index in [-0.39, 0.29) is 11.8 Å². The van der Waals surface area contributed by atoms with E-state index in [2.05, 4.69) is 5.32 Å². The van der Waals surface area contributed by atoms with Crippen molar-refractivity contribution in [2.24, 2.45) is 0 Å². The molecule has 0 spiro atoms. The second kappa shape index (κ2) is 9.19. The first kappa shape index (κ1) is 18.9. The first-order valence-corrected chi connectivity index (χ1v) is 9.18. The maximum atomic E-state index is 12.6. The van der Waals surface area contributed by atoms with Gasteiger partial charge in [-0.1, -0.05) is 19.1 Å². The molecular weight excluding hydrogens is 344 g/mol. The van der Waals surface area contributed by atoms with Crippen LogP contribution in [-0.4, -0.2) is 49.6 Å². The van der Waals surface area contributed by atoms with Gasteiger partial charge in [0.2, 0.25) is 0 Å². The van der Waals surface area contributed by atoms with Crippen LogP contribution in [0.5, 0.6) is 5.75 Å². The van der Waals surface area contributed by atoms with Crippen LogP contribution in [0.2, 0.25) is 0 Å². The Kier molecular flexibility index (Phi) is 6.44. The lowest BCUT2D eigenvalue weighted by atomic mass is 10.1. The highest BCUT2D eigenvalue weighted by molar-refractivity contribution is 6.05. The highest BCUT2D eigenvalue weighted by atomic mass is 16.5. The minimum atomic E-state index is -0.243. The number of rotatable bonds is 6. The van der Waals surface area contributed by atoms with E-state index < -0.39 is 0 Å². The fourth-order valence-electron chi connectivity index (χ4n) is 2.83. The van der Waals surface area contributed by atoms with Crippen LogP contribution in [0.1, 0.15) is 34.1 Å². The van der Waals surface area contributed by atoms with Crippen molar-refractivity contribution in [2.75, 3.05) is 38.2 Å². The molecule has 1 fully saturated rings. The zero-order valence-corrected chi connectivity index (χ0v) is 15.4. The Morgan fingerprint density at radius 2 is 1.81 bits per heavy atom. The molecule has 3 rings (SSSR count). The van der Waals surface area contributed by atoms with E-state index in [1.807, 2.05) is 13.0 Å². The third-order valence-electron chi connectivity index (χ3n) is 4.23. The normalized spacial score (nSPS) is 13.9. The molecule has 1 aliphatic rings. The molecule has 6 nitrogen and oxygen atoms in total. The monoisotopic (exact) mass is 368 g/mol. The van der Waals surface area contributed by atoms with E-state index in [1.165, 1.54) is 0 Å². The van der Waals surface area contributed by atoms with Gasteiger partial charge in [-0.05, 0) is 42.8 Å². The van der Waals surface area contributed by atoms with E-state index >= 15 is 0 Å². The number of nitrogens with zero attached hydrogens (tertiary/aromatic N) is 1. The average Bonchev–Trinajstić information content (AvgIpc) is 2.72. The lowest BCUT2D eigenvalue weighted by Crippen LogP contribution is -2.40. The highest BCUT2D eigenvalue weighted by Crippen LogP contribution is 2.17. The van der Waals surface area contributed by atoms with Gasteiger partial charge in [-0.3, -0.25) is 9.59 Å². The molecule has 0 aromatic heterocycles. The number of morpholine rings is 1. The highest BCUT2D eigenvalue weighted by Gasteiger charge is 2.19. The number of carbonyl (C=O) groups is 2. The molecule has 27 heavy (non-hydrogen) atoms. The van der Waals surface area contributed by atoms with E-state index in [0.29, 0.717) is 55.5 Å². The molecule has 1 heterocycles. The molecule has 2 amide bonds. The number of hydrogen-bond acceptors (Lipinski definition) is 4. The fraction of sp³-hybridized carbons (Fsp3) is 0.333. The van der Waals surface area contributed by atoms with E-state index in [4.69, 9.17) is 9.47 Å². The van der Waals surface area contributed by atoms with Crippen LogP contribution in [0.25, 0.3) is 0 Å². The molecule has 1 N–H and O–H groups in total. The van der Waals surface area contributed by atoms with Crippen molar-refractivity contribution in [3.05, 3.63) is 59.7 Å². The van der Waals surface area contributed by atoms with Gasteiger partial charge in [-0.2, -0.15) is 0 Å². The number of hydrogen-bond donors (Lipinski definition) is 1. The van der Waals surface area contributed by atoms with Crippen molar-refractivity contribution in [3.63, 3.8) is 0 Å². The molecule has 0 atom stereocenters. The van der Waals surface area contributed by atoms with Gasteiger partial charge in [0.15, 0.2) is 0 Å². The lowest BCUT2D eigenvalue weighted by molar-refractivity contribution is 0.0303. The van der Waals surface area contributed by atoms with E-state index in [0.717, 1.165) is 6.42 Å². The van der Waals surface area contributed by atoms with Crippen LogP contribution in [0.4, 0.5) is 5.69 Å². The molecule has 1 aliphatic heterocycles. The van der Waals surface area contributed by atoms with Gasteiger partial charge in [0.1, 0.15) is 5.75 Å². The second-order valence-electron chi connectivity index (χ2n) is 6.32. The fourth-order valence-corrected chi connectivity index (χ4v) is 2.83. The van der Waals surface area contributed by atoms with Gasteiger partial charge in [-0.15, -0.1) is 0 Å². The lowest BCUT2D eigenvalue weighted by Gasteiger charge is -2.27. The molecule has 0 aliphatic carbocycles. The van der Waals surface area contributed by atoms with Gasteiger partial charge in [0.25, 0.3) is 11.8 Å². The summed E-state index contributed by atoms with van der Waals surface area (Å²) < 4.78 is 10.9. The second-order valence-corrected chi connectivity index (χ2v) is 6.32. The Morgan fingerprint density at radius 1 is 1.07 bits per heavy atom. The molecule has 2 aromatic rings. The van der Waals surface area contributed by atoms with E-state index in [1.54, 1.807) is 47.4 Å². The number of benzene rings is 2. The zero-order valence-electron chi connectivity index (χ0n) is 15.4. The van der Waals surface area contributed by atoms with Gasteiger partial charge in [-0.25, -0.2) is 0 Å². The predicted molar refractivity (Wildman–Crippen MR) is 103 cm³/mol. The van der Waals surface area contributed by atoms with Crippen LogP contribution >= 0.6 is 0 Å². The predicted octanol–water partition coefficient (Wildman–Crippen LogP) is 3.20. The van der Waals surface area contributed by atoms with Crippen LogP contribution in [0.15, 0.2) is 48.5 Å². The Morgan fingerprint density at radius 3 is 2.59 bits per heavy atom. The van der Waals surface area contributed by atoms with Crippen molar-refractivity contribution in [1.82, 2.24) is 4.90 Å². The maximum Gasteiger partial charge on any atom is 0.255 e. The number of anilines is 1. The standard InChI is InChI=1S/C21H24N2O4/c1-2-11-27-19-8-4-5-16(15-19)20(24)22-18-7-3-6-17(14-18)21(25)23-9-12-26-13-10-23/h3-8,14-15H,2,9-13H2,1H3,(H,22,24). The summed E-state index contributed by atoms with van der Waals surface area (Å²) in [5.74, 6) is 0.373. The average molecular weight is 368 g/mol. The summed E-state index contributed by atoms with van der Waals surface area (Å²) in [5, 5.41) is 2.85. The number of carbonyl (C=O) groups excluding carboxylic acids is 2. The van der Waals surface area contributed by atoms with Gasteiger partial charge in [0.05, 0.1) is 19.8 Å². The minimum absolute atomic E-state index is 0.0515. The summed E-state index contributed by atoms with van der Waals surface area (Å²) in [6, 6.07) is 14.1. The third kappa shape index (κ3) is 5.08. The number of amides is 2. The Hall–Kier alpha value is -2.86. The number of ether oxygens (including phenoxy) is 2. The first-order chi connectivity index (χ1) is 13.2. The minimum Gasteiger partial charge on any atom is -0.494 e. The smallest absolute Gasteiger partial charge is 0.255 e. The quantitative estimate of drug-likeness (QED) is 0.850. The molecular formula is C21H24N2O4.